The lowest BCUT2D eigenvalue weighted by Crippen LogP contribution is -2.42. The number of alkyl carbamates (subject to hydrolysis) is 1. The summed E-state index contributed by atoms with van der Waals surface area (Å²) in [4.78, 5) is 35.9. The van der Waals surface area contributed by atoms with Gasteiger partial charge in [-0.1, -0.05) is 73.3 Å². The normalized spacial score (nSPS) is 12.6. The number of carboxylic acid groups (broad SMARTS) is 1. The summed E-state index contributed by atoms with van der Waals surface area (Å²) in [5.74, 6) is -1.30. The zero-order valence-electron chi connectivity index (χ0n) is 19.5. The van der Waals surface area contributed by atoms with Crippen LogP contribution in [-0.2, 0) is 20.7 Å². The number of anilines is 1. The van der Waals surface area contributed by atoms with Crippen molar-refractivity contribution in [2.75, 3.05) is 18.5 Å². The monoisotopic (exact) mass is 486 g/mol. The van der Waals surface area contributed by atoms with Crippen molar-refractivity contribution >= 4 is 23.8 Å². The number of carboxylic acids is 1. The molecule has 184 valence electrons. The third-order valence-electron chi connectivity index (χ3n) is 5.91. The van der Waals surface area contributed by atoms with Crippen LogP contribution in [0.4, 0.5) is 15.3 Å². The molecule has 36 heavy (non-hydrogen) atoms. The quantitative estimate of drug-likeness (QED) is 0.369. The summed E-state index contributed by atoms with van der Waals surface area (Å²) in [5.41, 5.74) is 5.51. The molecule has 0 saturated heterocycles. The molecule has 0 saturated carbocycles. The molecular formula is C28H26N2O6. The Morgan fingerprint density at radius 1 is 0.889 bits per heavy atom. The fourth-order valence-electron chi connectivity index (χ4n) is 4.23. The first-order chi connectivity index (χ1) is 17.5. The van der Waals surface area contributed by atoms with Crippen LogP contribution in [-0.4, -0.2) is 42.5 Å². The van der Waals surface area contributed by atoms with E-state index in [1.807, 2.05) is 48.5 Å². The number of nitrogens with one attached hydrogen (secondary N) is 2. The number of aliphatic carboxylic acids is 1. The molecule has 0 radical (unpaired) electrons. The number of rotatable bonds is 9. The minimum atomic E-state index is -1.18. The Bertz CT molecular complexity index is 1230. The van der Waals surface area contributed by atoms with Crippen LogP contribution in [0.15, 0.2) is 85.5 Å². The van der Waals surface area contributed by atoms with Crippen LogP contribution in [0.1, 0.15) is 22.6 Å². The van der Waals surface area contributed by atoms with Crippen LogP contribution < -0.4 is 10.6 Å². The summed E-state index contributed by atoms with van der Waals surface area (Å²) in [6.07, 6.45) is 0.0782. The van der Waals surface area contributed by atoms with Gasteiger partial charge in [0, 0.05) is 18.0 Å². The Kier molecular flexibility index (Phi) is 7.65. The van der Waals surface area contributed by atoms with Crippen molar-refractivity contribution in [2.24, 2.45) is 0 Å². The highest BCUT2D eigenvalue weighted by molar-refractivity contribution is 5.85. The van der Waals surface area contributed by atoms with Crippen molar-refractivity contribution in [3.8, 4) is 11.1 Å². The SMILES string of the molecule is C=CCOC(=O)Nc1ccc(C[C@H](NC(=O)OCC2c3ccccc3-c3ccccc32)C(=O)O)cc1. The summed E-state index contributed by atoms with van der Waals surface area (Å²) in [7, 11) is 0. The second-order valence-electron chi connectivity index (χ2n) is 8.27. The lowest BCUT2D eigenvalue weighted by molar-refractivity contribution is -0.139. The molecule has 0 fully saturated rings. The van der Waals surface area contributed by atoms with Gasteiger partial charge in [-0.25, -0.2) is 14.4 Å². The van der Waals surface area contributed by atoms with Crippen molar-refractivity contribution < 1.29 is 29.0 Å². The Morgan fingerprint density at radius 3 is 2.08 bits per heavy atom. The molecule has 0 heterocycles. The van der Waals surface area contributed by atoms with Crippen molar-refractivity contribution in [3.05, 3.63) is 102 Å². The van der Waals surface area contributed by atoms with E-state index in [9.17, 15) is 19.5 Å². The van der Waals surface area contributed by atoms with Crippen molar-refractivity contribution in [1.82, 2.24) is 5.32 Å². The molecule has 3 aromatic rings. The van der Waals surface area contributed by atoms with E-state index in [0.29, 0.717) is 11.3 Å². The Morgan fingerprint density at radius 2 is 1.50 bits per heavy atom. The molecule has 1 aliphatic carbocycles. The van der Waals surface area contributed by atoms with Crippen molar-refractivity contribution in [2.45, 2.75) is 18.4 Å². The number of fused-ring (bicyclic) bond motifs is 3. The number of amides is 2. The maximum absolute atomic E-state index is 12.5. The zero-order valence-corrected chi connectivity index (χ0v) is 19.5. The summed E-state index contributed by atoms with van der Waals surface area (Å²) in [6, 6.07) is 21.3. The largest absolute Gasteiger partial charge is 0.480 e. The minimum Gasteiger partial charge on any atom is -0.480 e. The van der Waals surface area contributed by atoms with E-state index in [-0.39, 0.29) is 25.6 Å². The molecule has 3 aromatic carbocycles. The van der Waals surface area contributed by atoms with Crippen LogP contribution in [0.3, 0.4) is 0 Å². The minimum absolute atomic E-state index is 0.0424. The predicted molar refractivity (Wildman–Crippen MR) is 135 cm³/mol. The molecule has 0 bridgehead atoms. The van der Waals surface area contributed by atoms with Gasteiger partial charge in [0.2, 0.25) is 0 Å². The van der Waals surface area contributed by atoms with Gasteiger partial charge in [0.15, 0.2) is 0 Å². The first kappa shape index (κ1) is 24.5. The average molecular weight is 487 g/mol. The zero-order chi connectivity index (χ0) is 25.5. The van der Waals surface area contributed by atoms with Gasteiger partial charge in [-0.15, -0.1) is 0 Å². The number of hydrogen-bond acceptors (Lipinski definition) is 5. The number of benzene rings is 3. The van der Waals surface area contributed by atoms with E-state index in [2.05, 4.69) is 17.2 Å². The van der Waals surface area contributed by atoms with E-state index < -0.39 is 24.2 Å². The highest BCUT2D eigenvalue weighted by atomic mass is 16.6. The van der Waals surface area contributed by atoms with Gasteiger partial charge in [0.25, 0.3) is 0 Å². The molecule has 0 aromatic heterocycles. The highest BCUT2D eigenvalue weighted by Gasteiger charge is 2.29. The number of ether oxygens (including phenoxy) is 2. The van der Waals surface area contributed by atoms with E-state index >= 15 is 0 Å². The summed E-state index contributed by atoms with van der Waals surface area (Å²) in [6.45, 7) is 3.65. The second kappa shape index (κ2) is 11.2. The van der Waals surface area contributed by atoms with E-state index in [0.717, 1.165) is 22.3 Å². The van der Waals surface area contributed by atoms with Crippen molar-refractivity contribution in [1.29, 1.82) is 0 Å². The number of hydrogen-bond donors (Lipinski definition) is 3. The molecule has 0 unspecified atom stereocenters. The van der Waals surface area contributed by atoms with Gasteiger partial charge in [0.05, 0.1) is 0 Å². The average Bonchev–Trinajstić information content (AvgIpc) is 3.20. The maximum atomic E-state index is 12.5. The summed E-state index contributed by atoms with van der Waals surface area (Å²) in [5, 5.41) is 14.6. The molecule has 0 aliphatic heterocycles. The van der Waals surface area contributed by atoms with E-state index in [1.54, 1.807) is 24.3 Å². The van der Waals surface area contributed by atoms with Crippen LogP contribution in [0, 0.1) is 0 Å². The first-order valence-corrected chi connectivity index (χ1v) is 11.4. The van der Waals surface area contributed by atoms with Gasteiger partial charge < -0.3 is 19.9 Å². The lowest BCUT2D eigenvalue weighted by atomic mass is 9.98. The van der Waals surface area contributed by atoms with Crippen molar-refractivity contribution in [3.63, 3.8) is 0 Å². The first-order valence-electron chi connectivity index (χ1n) is 11.4. The van der Waals surface area contributed by atoms with Gasteiger partial charge >= 0.3 is 18.2 Å². The number of carbonyl (C=O) groups excluding carboxylic acids is 2. The van der Waals surface area contributed by atoms with E-state index in [4.69, 9.17) is 9.47 Å². The van der Waals surface area contributed by atoms with Crippen LogP contribution in [0.25, 0.3) is 11.1 Å². The number of carbonyl (C=O) groups is 3. The summed E-state index contributed by atoms with van der Waals surface area (Å²) < 4.78 is 10.3. The smallest absolute Gasteiger partial charge is 0.411 e. The predicted octanol–water partition coefficient (Wildman–Crippen LogP) is 4.96. The van der Waals surface area contributed by atoms with Gasteiger partial charge in [-0.2, -0.15) is 0 Å². The summed E-state index contributed by atoms with van der Waals surface area (Å²) >= 11 is 0. The van der Waals surface area contributed by atoms with Gasteiger partial charge in [0.1, 0.15) is 19.3 Å². The molecule has 8 heteroatoms. The molecule has 0 spiro atoms. The molecule has 2 amide bonds. The molecule has 4 rings (SSSR count). The van der Waals surface area contributed by atoms with Crippen LogP contribution in [0.5, 0.6) is 0 Å². The molecule has 3 N–H and O–H groups in total. The van der Waals surface area contributed by atoms with Gasteiger partial charge in [-0.3, -0.25) is 5.32 Å². The third kappa shape index (κ3) is 5.72. The Labute approximate surface area is 208 Å². The molecule has 1 atom stereocenters. The third-order valence-corrected chi connectivity index (χ3v) is 5.91. The fourth-order valence-corrected chi connectivity index (χ4v) is 4.23. The van der Waals surface area contributed by atoms with Crippen LogP contribution in [0.2, 0.25) is 0 Å². The molecule has 8 nitrogen and oxygen atoms in total. The topological polar surface area (TPSA) is 114 Å². The fraction of sp³-hybridized carbons (Fsp3) is 0.179. The molecular weight excluding hydrogens is 460 g/mol. The maximum Gasteiger partial charge on any atom is 0.411 e. The second-order valence-corrected chi connectivity index (χ2v) is 8.27. The lowest BCUT2D eigenvalue weighted by Gasteiger charge is -2.17. The van der Waals surface area contributed by atoms with Gasteiger partial charge in [-0.05, 0) is 39.9 Å². The molecule has 1 aliphatic rings. The Balaban J connectivity index is 1.34. The highest BCUT2D eigenvalue weighted by Crippen LogP contribution is 2.44. The van der Waals surface area contributed by atoms with Crippen LogP contribution >= 0.6 is 0 Å². The van der Waals surface area contributed by atoms with E-state index in [1.165, 1.54) is 6.08 Å². The Hall–Kier alpha value is -4.59. The standard InChI is InChI=1S/C28H26N2O6/c1-2-15-35-27(33)29-19-13-11-18(12-14-19)16-25(26(31)32)30-28(34)36-17-24-22-9-5-3-7-20(22)21-8-4-6-10-23(21)24/h2-14,24-25H,1,15-17H2,(H,29,33)(H,30,34)(H,31,32)/t25-/m0/s1.